The Labute approximate surface area is 127 Å². The van der Waals surface area contributed by atoms with E-state index in [1.807, 2.05) is 0 Å². The molecule has 0 bridgehead atoms. The Balaban J connectivity index is 0.00000196. The fourth-order valence-corrected chi connectivity index (χ4v) is 0.994. The third-order valence-corrected chi connectivity index (χ3v) is 1.80. The van der Waals surface area contributed by atoms with E-state index >= 15 is 0 Å². The van der Waals surface area contributed by atoms with Crippen LogP contribution in [0.2, 0.25) is 0 Å². The van der Waals surface area contributed by atoms with Crippen LogP contribution in [0.5, 0.6) is 0 Å². The van der Waals surface area contributed by atoms with Gasteiger partial charge in [-0.05, 0) is 0 Å². The normalized spacial score (nSPS) is 12.1. The summed E-state index contributed by atoms with van der Waals surface area (Å²) in [6, 6.07) is 2.94. The van der Waals surface area contributed by atoms with Crippen molar-refractivity contribution in [3.05, 3.63) is 29.8 Å². The van der Waals surface area contributed by atoms with Crippen LogP contribution in [0.1, 0.15) is 12.5 Å². The molecule has 0 aliphatic rings. The van der Waals surface area contributed by atoms with Crippen molar-refractivity contribution in [3.8, 4) is 0 Å². The molecule has 78 valence electrons. The Morgan fingerprint density at radius 3 is 1.67 bits per heavy atom. The van der Waals surface area contributed by atoms with Crippen molar-refractivity contribution in [2.45, 2.75) is 12.8 Å². The number of alkyl halides is 2. The first-order valence-corrected chi connectivity index (χ1v) is 3.89. The molecule has 0 spiro atoms. The van der Waals surface area contributed by atoms with Gasteiger partial charge in [-0.1, -0.05) is 24.3 Å². The van der Waals surface area contributed by atoms with E-state index in [2.05, 4.69) is 0 Å². The monoisotopic (exact) mass is 248 g/mol. The molecule has 0 saturated carbocycles. The zero-order chi connectivity index (χ0) is 11.0. The van der Waals surface area contributed by atoms with Gasteiger partial charge in [0.15, 0.2) is 0 Å². The fourth-order valence-electron chi connectivity index (χ4n) is 0.994. The zero-order valence-electron chi connectivity index (χ0n) is 8.28. The summed E-state index contributed by atoms with van der Waals surface area (Å²) in [4.78, 5) is 0. The molecule has 0 radical (unpaired) electrons. The number of hydrogen-bond acceptors (Lipinski definition) is 0. The van der Waals surface area contributed by atoms with E-state index in [1.54, 1.807) is 0 Å². The molecule has 1 rings (SSSR count). The van der Waals surface area contributed by atoms with Crippen molar-refractivity contribution >= 4 is 12.4 Å². The second-order valence-corrected chi connectivity index (χ2v) is 3.09. The van der Waals surface area contributed by atoms with Gasteiger partial charge in [-0.2, -0.15) is 0 Å². The van der Waals surface area contributed by atoms with Gasteiger partial charge in [0.25, 0.3) is 5.92 Å². The molecule has 7 heteroatoms. The minimum Gasteiger partial charge on any atom is -0.445 e. The SMILES string of the molecule is CC(F)(F)c1ccc([B-](F)(F)F)cc1.[K+]. The van der Waals surface area contributed by atoms with Gasteiger partial charge in [-0.25, -0.2) is 8.78 Å². The predicted octanol–water partition coefficient (Wildman–Crippen LogP) is -0.143. The maximum Gasteiger partial charge on any atom is 1.00 e. The van der Waals surface area contributed by atoms with Crippen LogP contribution in [0.15, 0.2) is 24.3 Å². The number of halogens is 5. The summed E-state index contributed by atoms with van der Waals surface area (Å²) >= 11 is 0. The van der Waals surface area contributed by atoms with Crippen LogP contribution < -0.4 is 56.8 Å². The second-order valence-electron chi connectivity index (χ2n) is 3.09. The molecular formula is C8H7BF5K. The van der Waals surface area contributed by atoms with Crippen molar-refractivity contribution < 1.29 is 73.1 Å². The third-order valence-electron chi connectivity index (χ3n) is 1.80. The largest absolute Gasteiger partial charge is 1.00 e. The van der Waals surface area contributed by atoms with E-state index in [1.165, 1.54) is 0 Å². The minimum atomic E-state index is -5.10. The molecule has 0 N–H and O–H groups in total. The number of benzene rings is 1. The van der Waals surface area contributed by atoms with Crippen LogP contribution >= 0.6 is 0 Å². The van der Waals surface area contributed by atoms with Crippen LogP contribution in [-0.2, 0) is 5.92 Å². The summed E-state index contributed by atoms with van der Waals surface area (Å²) in [5, 5.41) is 0. The molecule has 0 aromatic heterocycles. The Kier molecular flexibility index (Phi) is 5.47. The first-order chi connectivity index (χ1) is 6.21. The number of rotatable bonds is 2. The summed E-state index contributed by atoms with van der Waals surface area (Å²) < 4.78 is 61.5. The standard InChI is InChI=1S/C8H7BF5.K/c1-8(10,11)6-2-4-7(5-3-6)9(12,13)14;/h2-5H,1H3;/q-1;+1. The van der Waals surface area contributed by atoms with E-state index in [9.17, 15) is 21.7 Å². The molecule has 1 aromatic rings. The molecule has 0 heterocycles. The quantitative estimate of drug-likeness (QED) is 0.504. The molecular weight excluding hydrogens is 241 g/mol. The van der Waals surface area contributed by atoms with Gasteiger partial charge in [0.1, 0.15) is 0 Å². The zero-order valence-corrected chi connectivity index (χ0v) is 11.4. The summed E-state index contributed by atoms with van der Waals surface area (Å²) in [5.74, 6) is -3.10. The summed E-state index contributed by atoms with van der Waals surface area (Å²) in [5.41, 5.74) is -1.28. The molecule has 0 saturated heterocycles. The summed E-state index contributed by atoms with van der Waals surface area (Å²) in [7, 11) is 0. The molecule has 0 fully saturated rings. The first kappa shape index (κ1) is 15.6. The summed E-state index contributed by atoms with van der Waals surface area (Å²) in [6.45, 7) is -4.46. The predicted molar refractivity (Wildman–Crippen MR) is 44.7 cm³/mol. The van der Waals surface area contributed by atoms with E-state index in [0.29, 0.717) is 19.1 Å². The van der Waals surface area contributed by atoms with E-state index < -0.39 is 23.9 Å². The molecule has 0 aliphatic heterocycles. The van der Waals surface area contributed by atoms with Crippen LogP contribution in [0.3, 0.4) is 0 Å². The van der Waals surface area contributed by atoms with Gasteiger partial charge in [-0.15, -0.1) is 5.46 Å². The smallest absolute Gasteiger partial charge is 0.445 e. The maximum atomic E-state index is 12.6. The van der Waals surface area contributed by atoms with E-state index in [4.69, 9.17) is 0 Å². The third kappa shape index (κ3) is 4.52. The van der Waals surface area contributed by atoms with Crippen LogP contribution in [0.4, 0.5) is 21.7 Å². The molecule has 15 heavy (non-hydrogen) atoms. The van der Waals surface area contributed by atoms with Gasteiger partial charge < -0.3 is 12.9 Å². The maximum absolute atomic E-state index is 12.6. The topological polar surface area (TPSA) is 0 Å². The molecule has 1 aromatic carbocycles. The fraction of sp³-hybridized carbons (Fsp3) is 0.250. The van der Waals surface area contributed by atoms with Crippen molar-refractivity contribution in [2.75, 3.05) is 0 Å². The Morgan fingerprint density at radius 2 is 1.40 bits per heavy atom. The average Bonchev–Trinajstić information content (AvgIpc) is 2.01. The van der Waals surface area contributed by atoms with Crippen molar-refractivity contribution in [2.24, 2.45) is 0 Å². The number of hydrogen-bond donors (Lipinski definition) is 0. The molecule has 0 unspecified atom stereocenters. The van der Waals surface area contributed by atoms with Crippen LogP contribution in [-0.4, -0.2) is 6.98 Å². The molecule has 0 aliphatic carbocycles. The molecule has 0 nitrogen and oxygen atoms in total. The van der Waals surface area contributed by atoms with E-state index in [0.717, 1.165) is 12.1 Å². The first-order valence-electron chi connectivity index (χ1n) is 3.89. The summed E-state index contributed by atoms with van der Waals surface area (Å²) in [6.07, 6.45) is 0. The van der Waals surface area contributed by atoms with Gasteiger partial charge in [0, 0.05) is 12.5 Å². The van der Waals surface area contributed by atoms with Gasteiger partial charge in [0.2, 0.25) is 0 Å². The average molecular weight is 248 g/mol. The van der Waals surface area contributed by atoms with Crippen molar-refractivity contribution in [1.29, 1.82) is 0 Å². The van der Waals surface area contributed by atoms with E-state index in [-0.39, 0.29) is 51.4 Å². The molecule has 0 atom stereocenters. The minimum absolute atomic E-state index is 0. The van der Waals surface area contributed by atoms with Crippen LogP contribution in [0, 0.1) is 0 Å². The van der Waals surface area contributed by atoms with Gasteiger partial charge in [-0.3, -0.25) is 0 Å². The van der Waals surface area contributed by atoms with Gasteiger partial charge >= 0.3 is 58.4 Å². The Morgan fingerprint density at radius 1 is 1.00 bits per heavy atom. The van der Waals surface area contributed by atoms with Crippen molar-refractivity contribution in [1.82, 2.24) is 0 Å². The molecule has 0 amide bonds. The van der Waals surface area contributed by atoms with Crippen molar-refractivity contribution in [3.63, 3.8) is 0 Å². The van der Waals surface area contributed by atoms with Gasteiger partial charge in [0.05, 0.1) is 0 Å². The van der Waals surface area contributed by atoms with Crippen LogP contribution in [0.25, 0.3) is 0 Å². The Hall–Kier alpha value is 0.571. The second kappa shape index (κ2) is 5.27. The Bertz CT molecular complexity index is 280.